The molecule has 1 atom stereocenters. The Morgan fingerprint density at radius 1 is 1.15 bits per heavy atom. The number of nitrogens with zero attached hydrogens (tertiary/aromatic N) is 2. The molecule has 2 heterocycles. The van der Waals surface area contributed by atoms with Crippen LogP contribution < -0.4 is 15.4 Å². The van der Waals surface area contributed by atoms with Gasteiger partial charge < -0.3 is 15.4 Å². The maximum absolute atomic E-state index is 12.8. The summed E-state index contributed by atoms with van der Waals surface area (Å²) < 4.78 is 6.97. The van der Waals surface area contributed by atoms with Gasteiger partial charge in [-0.25, -0.2) is 4.68 Å². The topological polar surface area (TPSA) is 85.2 Å². The largest absolute Gasteiger partial charge is 0.496 e. The molecule has 2 amide bonds. The van der Waals surface area contributed by atoms with Crippen molar-refractivity contribution in [1.82, 2.24) is 9.78 Å². The van der Waals surface area contributed by atoms with Gasteiger partial charge in [0.05, 0.1) is 19.7 Å². The van der Waals surface area contributed by atoms with Crippen molar-refractivity contribution in [3.63, 3.8) is 0 Å². The number of hydrogen-bond donors (Lipinski definition) is 2. The van der Waals surface area contributed by atoms with Crippen LogP contribution in [0.3, 0.4) is 0 Å². The van der Waals surface area contributed by atoms with E-state index in [-0.39, 0.29) is 18.2 Å². The molecule has 0 saturated heterocycles. The van der Waals surface area contributed by atoms with Gasteiger partial charge in [-0.2, -0.15) is 5.10 Å². The molecule has 3 aromatic rings. The number of rotatable bonds is 4. The number of hydrogen-bond acceptors (Lipinski definition) is 4. The minimum atomic E-state index is -0.725. The molecule has 0 aliphatic carbocycles. The lowest BCUT2D eigenvalue weighted by molar-refractivity contribution is -0.125. The van der Waals surface area contributed by atoms with E-state index in [1.807, 2.05) is 42.5 Å². The molecule has 7 nitrogen and oxygen atoms in total. The van der Waals surface area contributed by atoms with Crippen LogP contribution in [-0.4, -0.2) is 28.7 Å². The van der Waals surface area contributed by atoms with E-state index >= 15 is 0 Å². The number of nitrogens with one attached hydrogen (secondary N) is 2. The number of methoxy groups -OCH3 is 1. The predicted molar refractivity (Wildman–Crippen MR) is 102 cm³/mol. The van der Waals surface area contributed by atoms with Crippen molar-refractivity contribution in [3.8, 4) is 16.9 Å². The molecule has 0 spiro atoms. The van der Waals surface area contributed by atoms with Crippen molar-refractivity contribution in [2.75, 3.05) is 17.7 Å². The predicted octanol–water partition coefficient (Wildman–Crippen LogP) is 3.08. The van der Waals surface area contributed by atoms with Gasteiger partial charge in [-0.15, -0.1) is 0 Å². The first kappa shape index (κ1) is 16.8. The summed E-state index contributed by atoms with van der Waals surface area (Å²) in [5.74, 6) is 0.640. The lowest BCUT2D eigenvalue weighted by atomic mass is 10.1. The zero-order valence-corrected chi connectivity index (χ0v) is 14.7. The van der Waals surface area contributed by atoms with Gasteiger partial charge in [0.1, 0.15) is 17.6 Å². The molecule has 27 heavy (non-hydrogen) atoms. The second-order valence-corrected chi connectivity index (χ2v) is 6.18. The van der Waals surface area contributed by atoms with Gasteiger partial charge in [0.15, 0.2) is 0 Å². The van der Waals surface area contributed by atoms with E-state index in [1.165, 1.54) is 0 Å². The molecule has 0 unspecified atom stereocenters. The number of carbonyl (C=O) groups excluding carboxylic acids is 2. The highest BCUT2D eigenvalue weighted by atomic mass is 16.5. The molecule has 1 aliphatic rings. The molecule has 0 saturated carbocycles. The van der Waals surface area contributed by atoms with E-state index in [4.69, 9.17) is 4.74 Å². The van der Waals surface area contributed by atoms with E-state index in [0.29, 0.717) is 22.8 Å². The highest BCUT2D eigenvalue weighted by molar-refractivity contribution is 6.03. The summed E-state index contributed by atoms with van der Waals surface area (Å²) in [5, 5.41) is 10.0. The van der Waals surface area contributed by atoms with Crippen LogP contribution in [0, 0.1) is 0 Å². The molecule has 2 aromatic carbocycles. The smallest absolute Gasteiger partial charge is 0.249 e. The van der Waals surface area contributed by atoms with Crippen LogP contribution in [0.15, 0.2) is 60.8 Å². The number of ether oxygens (including phenoxy) is 1. The van der Waals surface area contributed by atoms with Gasteiger partial charge >= 0.3 is 0 Å². The van der Waals surface area contributed by atoms with Crippen molar-refractivity contribution in [3.05, 3.63) is 60.8 Å². The average Bonchev–Trinajstić information content (AvgIpc) is 3.11. The molecule has 7 heteroatoms. The third kappa shape index (κ3) is 3.15. The Balaban J connectivity index is 1.70. The van der Waals surface area contributed by atoms with Gasteiger partial charge in [-0.3, -0.25) is 9.59 Å². The fourth-order valence-electron chi connectivity index (χ4n) is 3.18. The first-order chi connectivity index (χ1) is 13.2. The summed E-state index contributed by atoms with van der Waals surface area (Å²) in [6.45, 7) is 0. The first-order valence-electron chi connectivity index (χ1n) is 8.54. The molecule has 0 fully saturated rings. The van der Waals surface area contributed by atoms with Crippen LogP contribution in [-0.2, 0) is 9.59 Å². The Morgan fingerprint density at radius 2 is 1.89 bits per heavy atom. The lowest BCUT2D eigenvalue weighted by Crippen LogP contribution is -2.35. The third-order valence-corrected chi connectivity index (χ3v) is 4.47. The average molecular weight is 362 g/mol. The molecule has 1 aliphatic heterocycles. The molecule has 0 bridgehead atoms. The molecule has 136 valence electrons. The van der Waals surface area contributed by atoms with Crippen molar-refractivity contribution in [1.29, 1.82) is 0 Å². The summed E-state index contributed by atoms with van der Waals surface area (Å²) in [6, 6.07) is 15.9. The monoisotopic (exact) mass is 362 g/mol. The quantitative estimate of drug-likeness (QED) is 0.747. The summed E-state index contributed by atoms with van der Waals surface area (Å²) in [4.78, 5) is 25.0. The Hall–Kier alpha value is -3.61. The minimum Gasteiger partial charge on any atom is -0.496 e. The van der Waals surface area contributed by atoms with Crippen molar-refractivity contribution in [2.45, 2.75) is 12.5 Å². The normalized spacial score (nSPS) is 15.6. The van der Waals surface area contributed by atoms with E-state index < -0.39 is 6.04 Å². The Kier molecular flexibility index (Phi) is 4.33. The van der Waals surface area contributed by atoms with Crippen molar-refractivity contribution < 1.29 is 14.3 Å². The van der Waals surface area contributed by atoms with Gasteiger partial charge in [0, 0.05) is 16.8 Å². The Labute approximate surface area is 156 Å². The molecular weight excluding hydrogens is 344 g/mol. The number of aromatic nitrogens is 2. The summed E-state index contributed by atoms with van der Waals surface area (Å²) >= 11 is 0. The van der Waals surface area contributed by atoms with Crippen LogP contribution in [0.5, 0.6) is 5.75 Å². The standard InChI is InChI=1S/C20H18N4O3/c1-27-17-10-6-5-9-14(17)15-12-21-24-16(11-18(25)23-19(15)24)20(26)22-13-7-3-2-4-8-13/h2-10,12,16H,11H2,1H3,(H,22,26)(H,23,25)/t16-/m0/s1. The van der Waals surface area contributed by atoms with Gasteiger partial charge in [0.2, 0.25) is 11.8 Å². The highest BCUT2D eigenvalue weighted by Gasteiger charge is 2.33. The number of amides is 2. The van der Waals surface area contributed by atoms with Crippen LogP contribution in [0.2, 0.25) is 0 Å². The van der Waals surface area contributed by atoms with Gasteiger partial charge in [-0.1, -0.05) is 36.4 Å². The van der Waals surface area contributed by atoms with Gasteiger partial charge in [-0.05, 0) is 18.2 Å². The van der Waals surface area contributed by atoms with Crippen molar-refractivity contribution >= 4 is 23.3 Å². The van der Waals surface area contributed by atoms with E-state index in [2.05, 4.69) is 15.7 Å². The molecule has 4 rings (SSSR count). The summed E-state index contributed by atoms with van der Waals surface area (Å²) in [5.41, 5.74) is 2.18. The number of carbonyl (C=O) groups is 2. The maximum atomic E-state index is 12.8. The summed E-state index contributed by atoms with van der Waals surface area (Å²) in [7, 11) is 1.59. The number of para-hydroxylation sites is 2. The SMILES string of the molecule is COc1ccccc1-c1cnn2c1NC(=O)C[C@H]2C(=O)Nc1ccccc1. The molecule has 1 aromatic heterocycles. The van der Waals surface area contributed by atoms with Crippen LogP contribution in [0.25, 0.3) is 11.1 Å². The number of fused-ring (bicyclic) bond motifs is 1. The maximum Gasteiger partial charge on any atom is 0.249 e. The van der Waals surface area contributed by atoms with Gasteiger partial charge in [0.25, 0.3) is 0 Å². The van der Waals surface area contributed by atoms with E-state index in [1.54, 1.807) is 30.1 Å². The fourth-order valence-corrected chi connectivity index (χ4v) is 3.18. The van der Waals surface area contributed by atoms with Crippen LogP contribution >= 0.6 is 0 Å². The summed E-state index contributed by atoms with van der Waals surface area (Å²) in [6.07, 6.45) is 1.67. The second-order valence-electron chi connectivity index (χ2n) is 6.18. The minimum absolute atomic E-state index is 0.0265. The molecular formula is C20H18N4O3. The third-order valence-electron chi connectivity index (χ3n) is 4.47. The van der Waals surface area contributed by atoms with Crippen LogP contribution in [0.4, 0.5) is 11.5 Å². The zero-order chi connectivity index (χ0) is 18.8. The first-order valence-corrected chi connectivity index (χ1v) is 8.54. The van der Waals surface area contributed by atoms with E-state index in [9.17, 15) is 9.59 Å². The number of benzene rings is 2. The zero-order valence-electron chi connectivity index (χ0n) is 14.7. The lowest BCUT2D eigenvalue weighted by Gasteiger charge is -2.24. The molecule has 2 N–H and O–H groups in total. The fraction of sp³-hybridized carbons (Fsp3) is 0.150. The van der Waals surface area contributed by atoms with Crippen molar-refractivity contribution in [2.24, 2.45) is 0 Å². The Morgan fingerprint density at radius 3 is 2.67 bits per heavy atom. The number of anilines is 2. The van der Waals surface area contributed by atoms with Crippen LogP contribution in [0.1, 0.15) is 12.5 Å². The highest BCUT2D eigenvalue weighted by Crippen LogP contribution is 2.38. The Bertz CT molecular complexity index is 997. The second kappa shape index (κ2) is 6.95. The molecule has 0 radical (unpaired) electrons. The van der Waals surface area contributed by atoms with E-state index in [0.717, 1.165) is 5.56 Å².